The quantitative estimate of drug-likeness (QED) is 0.814. The molecule has 0 aliphatic carbocycles. The second-order valence-electron chi connectivity index (χ2n) is 5.90. The van der Waals surface area contributed by atoms with Crippen LogP contribution < -0.4 is 5.32 Å². The molecule has 2 unspecified atom stereocenters. The van der Waals surface area contributed by atoms with Crippen molar-refractivity contribution in [1.82, 2.24) is 5.32 Å². The minimum absolute atomic E-state index is 0.218. The molecule has 0 heterocycles. The average molecular weight is 309 g/mol. The maximum Gasteiger partial charge on any atom is 0.408 e. The summed E-state index contributed by atoms with van der Waals surface area (Å²) in [5.41, 5.74) is 0.0413. The van der Waals surface area contributed by atoms with E-state index in [4.69, 9.17) is 9.47 Å². The minimum atomic E-state index is -1.08. The summed E-state index contributed by atoms with van der Waals surface area (Å²) in [6, 6.07) is 8.19. The van der Waals surface area contributed by atoms with Crippen LogP contribution in [-0.4, -0.2) is 35.5 Å². The lowest BCUT2D eigenvalue weighted by Gasteiger charge is -2.26. The largest absolute Gasteiger partial charge is 0.463 e. The number of rotatable bonds is 5. The van der Waals surface area contributed by atoms with Crippen molar-refractivity contribution in [3.8, 4) is 0 Å². The van der Waals surface area contributed by atoms with Crippen LogP contribution in [-0.2, 0) is 14.3 Å². The highest BCUT2D eigenvalue weighted by Crippen LogP contribution is 2.18. The molecule has 22 heavy (non-hydrogen) atoms. The zero-order valence-electron chi connectivity index (χ0n) is 13.3. The van der Waals surface area contributed by atoms with Crippen LogP contribution in [0.1, 0.15) is 39.3 Å². The molecule has 6 nitrogen and oxygen atoms in total. The van der Waals surface area contributed by atoms with Crippen LogP contribution in [0.15, 0.2) is 30.3 Å². The van der Waals surface area contributed by atoms with Crippen LogP contribution in [0.25, 0.3) is 0 Å². The molecule has 0 spiro atoms. The van der Waals surface area contributed by atoms with Crippen LogP contribution in [0, 0.1) is 0 Å². The molecule has 1 rings (SSSR count). The smallest absolute Gasteiger partial charge is 0.408 e. The molecule has 1 aromatic rings. The van der Waals surface area contributed by atoms with Gasteiger partial charge in [0.2, 0.25) is 0 Å². The van der Waals surface area contributed by atoms with Crippen LogP contribution >= 0.6 is 0 Å². The summed E-state index contributed by atoms with van der Waals surface area (Å²) in [7, 11) is 0. The SMILES string of the molecule is CC(=O)OCC(O)C(NC(=O)OC(C)(C)C)c1ccccc1. The van der Waals surface area contributed by atoms with Gasteiger partial charge in [0.15, 0.2) is 0 Å². The number of hydrogen-bond donors (Lipinski definition) is 2. The summed E-state index contributed by atoms with van der Waals surface area (Å²) in [6.07, 6.45) is -1.73. The fraction of sp³-hybridized carbons (Fsp3) is 0.500. The summed E-state index contributed by atoms with van der Waals surface area (Å²) in [5, 5.41) is 12.8. The fourth-order valence-electron chi connectivity index (χ4n) is 1.80. The minimum Gasteiger partial charge on any atom is -0.463 e. The Kier molecular flexibility index (Phi) is 6.37. The van der Waals surface area contributed by atoms with E-state index in [9.17, 15) is 14.7 Å². The summed E-state index contributed by atoms with van der Waals surface area (Å²) in [5.74, 6) is -0.497. The van der Waals surface area contributed by atoms with E-state index >= 15 is 0 Å². The Hall–Kier alpha value is -2.08. The topological polar surface area (TPSA) is 84.9 Å². The van der Waals surface area contributed by atoms with Crippen molar-refractivity contribution in [2.45, 2.75) is 45.4 Å². The Balaban J connectivity index is 2.83. The molecular weight excluding hydrogens is 286 g/mol. The second-order valence-corrected chi connectivity index (χ2v) is 5.90. The lowest BCUT2D eigenvalue weighted by molar-refractivity contribution is -0.144. The van der Waals surface area contributed by atoms with Gasteiger partial charge in [0.25, 0.3) is 0 Å². The summed E-state index contributed by atoms with van der Waals surface area (Å²) in [6.45, 7) is 6.29. The molecule has 1 amide bonds. The number of esters is 1. The van der Waals surface area contributed by atoms with Gasteiger partial charge in [-0.2, -0.15) is 0 Å². The monoisotopic (exact) mass is 309 g/mol. The van der Waals surface area contributed by atoms with Crippen molar-refractivity contribution in [1.29, 1.82) is 0 Å². The third-order valence-corrected chi connectivity index (χ3v) is 2.67. The standard InChI is InChI=1S/C16H23NO5/c1-11(18)21-10-13(19)14(12-8-6-5-7-9-12)17-15(20)22-16(2,3)4/h5-9,13-14,19H,10H2,1-4H3,(H,17,20). The number of aliphatic hydroxyl groups excluding tert-OH is 1. The number of hydrogen-bond acceptors (Lipinski definition) is 5. The Bertz CT molecular complexity index is 495. The lowest BCUT2D eigenvalue weighted by atomic mass is 10.0. The van der Waals surface area contributed by atoms with Crippen LogP contribution in [0.4, 0.5) is 4.79 Å². The number of ether oxygens (including phenoxy) is 2. The molecule has 0 fully saturated rings. The zero-order valence-corrected chi connectivity index (χ0v) is 13.3. The fourth-order valence-corrected chi connectivity index (χ4v) is 1.80. The molecule has 0 saturated heterocycles. The molecular formula is C16H23NO5. The molecule has 6 heteroatoms. The van der Waals surface area contributed by atoms with E-state index in [-0.39, 0.29) is 6.61 Å². The van der Waals surface area contributed by atoms with E-state index in [2.05, 4.69) is 5.32 Å². The maximum atomic E-state index is 11.9. The summed E-state index contributed by atoms with van der Waals surface area (Å²) < 4.78 is 10.0. The van der Waals surface area contributed by atoms with Gasteiger partial charge in [0.1, 0.15) is 18.3 Å². The van der Waals surface area contributed by atoms with Gasteiger partial charge in [0.05, 0.1) is 6.04 Å². The number of carbonyl (C=O) groups is 2. The molecule has 0 aliphatic heterocycles. The van der Waals surface area contributed by atoms with Gasteiger partial charge in [-0.1, -0.05) is 30.3 Å². The summed E-state index contributed by atoms with van der Waals surface area (Å²) in [4.78, 5) is 22.8. The first-order chi connectivity index (χ1) is 10.2. The van der Waals surface area contributed by atoms with E-state index < -0.39 is 29.8 Å². The van der Waals surface area contributed by atoms with Crippen LogP contribution in [0.5, 0.6) is 0 Å². The number of nitrogens with one attached hydrogen (secondary N) is 1. The molecule has 2 N–H and O–H groups in total. The van der Waals surface area contributed by atoms with E-state index in [0.717, 1.165) is 0 Å². The predicted octanol–water partition coefficient (Wildman–Crippen LogP) is 2.18. The van der Waals surface area contributed by atoms with Crippen molar-refractivity contribution >= 4 is 12.1 Å². The predicted molar refractivity (Wildman–Crippen MR) is 81.2 cm³/mol. The molecule has 0 aliphatic rings. The second kappa shape index (κ2) is 7.79. The van der Waals surface area contributed by atoms with Crippen molar-refractivity contribution < 1.29 is 24.2 Å². The number of amides is 1. The van der Waals surface area contributed by atoms with Gasteiger partial charge in [-0.3, -0.25) is 4.79 Å². The zero-order chi connectivity index (χ0) is 16.8. The maximum absolute atomic E-state index is 11.9. The van der Waals surface area contributed by atoms with E-state index in [0.29, 0.717) is 5.56 Å². The van der Waals surface area contributed by atoms with Gasteiger partial charge in [0, 0.05) is 6.92 Å². The van der Waals surface area contributed by atoms with Crippen LogP contribution in [0.3, 0.4) is 0 Å². The van der Waals surface area contributed by atoms with Crippen molar-refractivity contribution in [2.24, 2.45) is 0 Å². The van der Waals surface area contributed by atoms with Gasteiger partial charge in [-0.15, -0.1) is 0 Å². The molecule has 0 bridgehead atoms. The van der Waals surface area contributed by atoms with Crippen molar-refractivity contribution in [3.63, 3.8) is 0 Å². The highest BCUT2D eigenvalue weighted by molar-refractivity contribution is 5.68. The third-order valence-electron chi connectivity index (χ3n) is 2.67. The first kappa shape index (κ1) is 18.0. The lowest BCUT2D eigenvalue weighted by Crippen LogP contribution is -2.41. The summed E-state index contributed by atoms with van der Waals surface area (Å²) >= 11 is 0. The Morgan fingerprint density at radius 3 is 2.32 bits per heavy atom. The first-order valence-corrected chi connectivity index (χ1v) is 7.05. The first-order valence-electron chi connectivity index (χ1n) is 7.05. The molecule has 0 aromatic heterocycles. The van der Waals surface area contributed by atoms with E-state index in [1.807, 2.05) is 6.07 Å². The normalized spacial score (nSPS) is 13.9. The van der Waals surface area contributed by atoms with Gasteiger partial charge >= 0.3 is 12.1 Å². The van der Waals surface area contributed by atoms with Gasteiger partial charge in [-0.05, 0) is 26.3 Å². The molecule has 0 radical (unpaired) electrons. The number of aliphatic hydroxyl groups is 1. The van der Waals surface area contributed by atoms with Gasteiger partial charge < -0.3 is 19.9 Å². The molecule has 1 aromatic carbocycles. The third kappa shape index (κ3) is 6.58. The molecule has 2 atom stereocenters. The number of carbonyl (C=O) groups excluding carboxylic acids is 2. The molecule has 122 valence electrons. The van der Waals surface area contributed by atoms with Crippen LogP contribution in [0.2, 0.25) is 0 Å². The number of benzene rings is 1. The highest BCUT2D eigenvalue weighted by Gasteiger charge is 2.26. The van der Waals surface area contributed by atoms with E-state index in [1.165, 1.54) is 6.92 Å². The van der Waals surface area contributed by atoms with Crippen molar-refractivity contribution in [3.05, 3.63) is 35.9 Å². The highest BCUT2D eigenvalue weighted by atomic mass is 16.6. The van der Waals surface area contributed by atoms with Crippen molar-refractivity contribution in [2.75, 3.05) is 6.61 Å². The average Bonchev–Trinajstić information content (AvgIpc) is 2.41. The Labute approximate surface area is 130 Å². The van der Waals surface area contributed by atoms with E-state index in [1.54, 1.807) is 45.0 Å². The van der Waals surface area contributed by atoms with Gasteiger partial charge in [-0.25, -0.2) is 4.79 Å². The Morgan fingerprint density at radius 2 is 1.82 bits per heavy atom. The number of alkyl carbamates (subject to hydrolysis) is 1. The molecule has 0 saturated carbocycles. The Morgan fingerprint density at radius 1 is 1.23 bits per heavy atom.